The number of carbonyl (C=O) groups is 1. The largest absolute Gasteiger partial charge is 0.490 e. The molecular weight excluding hydrogens is 673 g/mol. The summed E-state index contributed by atoms with van der Waals surface area (Å²) in [7, 11) is 0. The Kier molecular flexibility index (Phi) is 17.3. The Morgan fingerprint density at radius 3 is 1.51 bits per heavy atom. The van der Waals surface area contributed by atoms with E-state index < -0.39 is 0 Å². The average molecular weight is 721 g/mol. The first-order valence-electron chi connectivity index (χ1n) is 16.6. The zero-order chi connectivity index (χ0) is 34.7. The SMILES string of the molecule is C=CCOc1cc(COC2CCCCO2)cc(CSCc2cc(CSCc3cc(CSC(C)=O)cc(OCC=C)c3)cc(OCC=C)c2)c1. The van der Waals surface area contributed by atoms with Gasteiger partial charge in [-0.2, -0.15) is 23.5 Å². The van der Waals surface area contributed by atoms with E-state index in [4.69, 9.17) is 23.7 Å². The number of ether oxygens (including phenoxy) is 5. The van der Waals surface area contributed by atoms with Gasteiger partial charge in [0.2, 0.25) is 0 Å². The number of benzene rings is 3. The highest BCUT2D eigenvalue weighted by molar-refractivity contribution is 8.12. The highest BCUT2D eigenvalue weighted by Gasteiger charge is 2.15. The highest BCUT2D eigenvalue weighted by Crippen LogP contribution is 2.30. The lowest BCUT2D eigenvalue weighted by atomic mass is 10.1. The lowest BCUT2D eigenvalue weighted by Gasteiger charge is -2.23. The molecule has 1 unspecified atom stereocenters. The molecule has 1 aliphatic heterocycles. The normalized spacial score (nSPS) is 14.2. The smallest absolute Gasteiger partial charge is 0.186 e. The fraction of sp³-hybridized carbons (Fsp3) is 0.375. The molecule has 49 heavy (non-hydrogen) atoms. The first-order valence-corrected chi connectivity index (χ1v) is 19.8. The summed E-state index contributed by atoms with van der Waals surface area (Å²) in [5, 5.41) is 0.103. The van der Waals surface area contributed by atoms with Gasteiger partial charge in [-0.25, -0.2) is 0 Å². The van der Waals surface area contributed by atoms with Crippen molar-refractivity contribution < 1.29 is 28.5 Å². The van der Waals surface area contributed by atoms with Crippen LogP contribution in [0, 0.1) is 0 Å². The van der Waals surface area contributed by atoms with E-state index in [0.717, 1.165) is 82.8 Å². The summed E-state index contributed by atoms with van der Waals surface area (Å²) in [6.07, 6.45) is 8.30. The fourth-order valence-electron chi connectivity index (χ4n) is 5.19. The molecule has 6 nitrogen and oxygen atoms in total. The third-order valence-corrected chi connectivity index (χ3v) is 10.3. The quantitative estimate of drug-likeness (QED) is 0.0944. The maximum Gasteiger partial charge on any atom is 0.186 e. The minimum absolute atomic E-state index is 0.103. The van der Waals surface area contributed by atoms with Gasteiger partial charge >= 0.3 is 0 Å². The van der Waals surface area contributed by atoms with E-state index in [9.17, 15) is 4.79 Å². The van der Waals surface area contributed by atoms with Crippen molar-refractivity contribution in [3.05, 3.63) is 126 Å². The van der Waals surface area contributed by atoms with Crippen molar-refractivity contribution in [2.45, 2.75) is 67.8 Å². The standard InChI is InChI=1S/C40H48O6S3/c1-5-11-42-37-18-31(24-46-40-10-8-9-14-45-40)15-32(19-37)25-47-26-33-16-34(21-38(20-33)43-12-6-2)27-48-28-35-17-36(29-49-30(4)41)23-39(22-35)44-13-7-3/h5-7,15-23,40H,1-3,8-14,24-29H2,4H3. The number of carbonyl (C=O) groups excluding carboxylic acids is 1. The molecule has 1 saturated heterocycles. The number of thioether (sulfide) groups is 3. The van der Waals surface area contributed by atoms with Gasteiger partial charge in [0.15, 0.2) is 11.4 Å². The van der Waals surface area contributed by atoms with Gasteiger partial charge in [0, 0.05) is 42.3 Å². The number of hydrogen-bond donors (Lipinski definition) is 0. The summed E-state index contributed by atoms with van der Waals surface area (Å²) < 4.78 is 29.6. The van der Waals surface area contributed by atoms with Crippen molar-refractivity contribution in [2.75, 3.05) is 26.4 Å². The van der Waals surface area contributed by atoms with Crippen LogP contribution in [0.3, 0.4) is 0 Å². The lowest BCUT2D eigenvalue weighted by molar-refractivity contribution is -0.168. The lowest BCUT2D eigenvalue weighted by Crippen LogP contribution is -2.22. The van der Waals surface area contributed by atoms with Crippen LogP contribution >= 0.6 is 35.3 Å². The summed E-state index contributed by atoms with van der Waals surface area (Å²) in [4.78, 5) is 11.6. The minimum Gasteiger partial charge on any atom is -0.490 e. The topological polar surface area (TPSA) is 63.2 Å². The predicted molar refractivity (Wildman–Crippen MR) is 207 cm³/mol. The summed E-state index contributed by atoms with van der Waals surface area (Å²) >= 11 is 5.00. The summed E-state index contributed by atoms with van der Waals surface area (Å²) in [5.74, 6) is 6.40. The molecule has 1 atom stereocenters. The molecule has 0 spiro atoms. The van der Waals surface area contributed by atoms with E-state index in [0.29, 0.717) is 32.2 Å². The van der Waals surface area contributed by atoms with Crippen LogP contribution in [0.5, 0.6) is 17.2 Å². The summed E-state index contributed by atoms with van der Waals surface area (Å²) in [6.45, 7) is 15.6. The van der Waals surface area contributed by atoms with Crippen molar-refractivity contribution >= 4 is 40.4 Å². The van der Waals surface area contributed by atoms with E-state index in [2.05, 4.69) is 62.2 Å². The van der Waals surface area contributed by atoms with Crippen molar-refractivity contribution in [3.8, 4) is 17.2 Å². The third kappa shape index (κ3) is 14.7. The number of rotatable bonds is 22. The molecule has 0 N–H and O–H groups in total. The molecule has 9 heteroatoms. The van der Waals surface area contributed by atoms with Crippen LogP contribution in [-0.2, 0) is 49.6 Å². The monoisotopic (exact) mass is 720 g/mol. The van der Waals surface area contributed by atoms with Crippen LogP contribution < -0.4 is 14.2 Å². The number of hydrogen-bond acceptors (Lipinski definition) is 9. The molecule has 3 aromatic rings. The van der Waals surface area contributed by atoms with Crippen LogP contribution in [0.1, 0.15) is 59.6 Å². The molecular formula is C40H48O6S3. The van der Waals surface area contributed by atoms with Crippen molar-refractivity contribution in [3.63, 3.8) is 0 Å². The summed E-state index contributed by atoms with van der Waals surface area (Å²) in [5.41, 5.74) is 6.92. The zero-order valence-corrected chi connectivity index (χ0v) is 30.9. The van der Waals surface area contributed by atoms with Gasteiger partial charge in [0.05, 0.1) is 6.61 Å². The van der Waals surface area contributed by atoms with Crippen LogP contribution in [0.4, 0.5) is 0 Å². The molecule has 262 valence electrons. The average Bonchev–Trinajstić information content (AvgIpc) is 3.11. The molecule has 0 aliphatic carbocycles. The Morgan fingerprint density at radius 1 is 0.673 bits per heavy atom. The second kappa shape index (κ2) is 21.9. The van der Waals surface area contributed by atoms with Gasteiger partial charge in [-0.3, -0.25) is 4.79 Å². The maximum absolute atomic E-state index is 11.6. The molecule has 1 fully saturated rings. The molecule has 1 heterocycles. The zero-order valence-electron chi connectivity index (χ0n) is 28.5. The van der Waals surface area contributed by atoms with Gasteiger partial charge in [-0.15, -0.1) is 0 Å². The molecule has 3 aromatic carbocycles. The summed E-state index contributed by atoms with van der Waals surface area (Å²) in [6, 6.07) is 19.1. The van der Waals surface area contributed by atoms with E-state index >= 15 is 0 Å². The van der Waals surface area contributed by atoms with Gasteiger partial charge < -0.3 is 23.7 Å². The van der Waals surface area contributed by atoms with Gasteiger partial charge in [-0.05, 0) is 89.0 Å². The molecule has 1 aliphatic rings. The van der Waals surface area contributed by atoms with Crippen LogP contribution in [0.25, 0.3) is 0 Å². The van der Waals surface area contributed by atoms with E-state index in [1.165, 1.54) is 28.5 Å². The van der Waals surface area contributed by atoms with Crippen molar-refractivity contribution in [1.82, 2.24) is 0 Å². The van der Waals surface area contributed by atoms with Crippen molar-refractivity contribution in [1.29, 1.82) is 0 Å². The van der Waals surface area contributed by atoms with Crippen LogP contribution in [0.15, 0.2) is 92.6 Å². The highest BCUT2D eigenvalue weighted by atomic mass is 32.2. The van der Waals surface area contributed by atoms with Gasteiger partial charge in [-0.1, -0.05) is 67.9 Å². The van der Waals surface area contributed by atoms with Crippen molar-refractivity contribution in [2.24, 2.45) is 0 Å². The first kappa shape index (κ1) is 38.7. The van der Waals surface area contributed by atoms with Gasteiger partial charge in [0.1, 0.15) is 37.1 Å². The van der Waals surface area contributed by atoms with Crippen LogP contribution in [-0.4, -0.2) is 37.8 Å². The Hall–Kier alpha value is -3.08. The minimum atomic E-state index is -0.136. The Labute approximate surface area is 305 Å². The molecule has 0 amide bonds. The molecule has 0 radical (unpaired) electrons. The first-order chi connectivity index (χ1) is 23.9. The Bertz CT molecular complexity index is 1520. The van der Waals surface area contributed by atoms with E-state index in [1.54, 1.807) is 25.2 Å². The second-order valence-corrected chi connectivity index (χ2v) is 14.8. The Morgan fingerprint density at radius 2 is 1.10 bits per heavy atom. The molecule has 0 aromatic heterocycles. The maximum atomic E-state index is 11.6. The van der Waals surface area contributed by atoms with Crippen LogP contribution in [0.2, 0.25) is 0 Å². The van der Waals surface area contributed by atoms with E-state index in [1.807, 2.05) is 35.7 Å². The molecule has 4 rings (SSSR count). The predicted octanol–water partition coefficient (Wildman–Crippen LogP) is 10.1. The third-order valence-electron chi connectivity index (χ3n) is 7.27. The second-order valence-electron chi connectivity index (χ2n) is 11.6. The molecule has 0 saturated carbocycles. The Balaban J connectivity index is 1.39. The van der Waals surface area contributed by atoms with Gasteiger partial charge in [0.25, 0.3) is 0 Å². The van der Waals surface area contributed by atoms with E-state index in [-0.39, 0.29) is 11.4 Å². The molecule has 0 bridgehead atoms. The fourth-order valence-corrected chi connectivity index (χ4v) is 7.54.